The van der Waals surface area contributed by atoms with Crippen LogP contribution < -0.4 is 0 Å². The molecule has 1 heterocycles. The van der Waals surface area contributed by atoms with Gasteiger partial charge in [0.1, 0.15) is 0 Å². The van der Waals surface area contributed by atoms with Gasteiger partial charge in [0.05, 0.1) is 5.52 Å². The van der Waals surface area contributed by atoms with Crippen molar-refractivity contribution in [3.8, 4) is 0 Å². The number of hydrogen-bond acceptors (Lipinski definition) is 1. The van der Waals surface area contributed by atoms with E-state index in [0.29, 0.717) is 0 Å². The van der Waals surface area contributed by atoms with Crippen LogP contribution in [-0.4, -0.2) is 4.98 Å². The molecule has 0 amide bonds. The molecule has 0 atom stereocenters. The van der Waals surface area contributed by atoms with Gasteiger partial charge in [-0.3, -0.25) is 4.98 Å². The number of aromatic nitrogens is 1. The molecule has 6 rings (SSSR count). The summed E-state index contributed by atoms with van der Waals surface area (Å²) in [7, 11) is 0. The van der Waals surface area contributed by atoms with Gasteiger partial charge in [-0.2, -0.15) is 0 Å². The lowest BCUT2D eigenvalue weighted by Crippen LogP contribution is -1.82. The van der Waals surface area contributed by atoms with Gasteiger partial charge in [-0.05, 0) is 97.7 Å². The van der Waals surface area contributed by atoms with Gasteiger partial charge in [0, 0.05) is 11.6 Å². The maximum absolute atomic E-state index is 4.50. The Morgan fingerprint density at radius 2 is 0.808 bits per heavy atom. The molecule has 0 saturated heterocycles. The zero-order valence-corrected chi connectivity index (χ0v) is 14.1. The summed E-state index contributed by atoms with van der Waals surface area (Å²) in [5, 5.41) is 11.4. The maximum atomic E-state index is 4.50. The molecule has 0 fully saturated rings. The van der Waals surface area contributed by atoms with Gasteiger partial charge in [0.25, 0.3) is 0 Å². The van der Waals surface area contributed by atoms with Crippen LogP contribution in [0.4, 0.5) is 0 Å². The van der Waals surface area contributed by atoms with E-state index in [-0.39, 0.29) is 0 Å². The van der Waals surface area contributed by atoms with Crippen molar-refractivity contribution < 1.29 is 0 Å². The van der Waals surface area contributed by atoms with E-state index in [1.807, 2.05) is 12.3 Å². The Bertz CT molecular complexity index is 1260. The molecule has 0 aliphatic heterocycles. The van der Waals surface area contributed by atoms with Crippen molar-refractivity contribution in [1.29, 1.82) is 0 Å². The SMILES string of the molecule is c1ccc2cc3cc4cc5cc6ncccc6cc5cc4cc3cc2c1. The molecule has 5 aromatic carbocycles. The quantitative estimate of drug-likeness (QED) is 0.278. The number of fused-ring (bicyclic) bond motifs is 5. The highest BCUT2D eigenvalue weighted by Gasteiger charge is 2.04. The molecule has 120 valence electrons. The second-order valence-electron chi connectivity index (χ2n) is 6.99. The maximum Gasteiger partial charge on any atom is 0.0708 e. The van der Waals surface area contributed by atoms with Crippen LogP contribution >= 0.6 is 0 Å². The number of rotatable bonds is 0. The van der Waals surface area contributed by atoms with Gasteiger partial charge < -0.3 is 0 Å². The Kier molecular flexibility index (Phi) is 2.67. The average molecular weight is 329 g/mol. The highest BCUT2D eigenvalue weighted by Crippen LogP contribution is 2.31. The second-order valence-corrected chi connectivity index (χ2v) is 6.99. The van der Waals surface area contributed by atoms with E-state index in [1.54, 1.807) is 0 Å². The summed E-state index contributed by atoms with van der Waals surface area (Å²) in [5.41, 5.74) is 1.05. The summed E-state index contributed by atoms with van der Waals surface area (Å²) in [6.45, 7) is 0. The third-order valence-electron chi connectivity index (χ3n) is 5.34. The van der Waals surface area contributed by atoms with Crippen LogP contribution in [0.3, 0.4) is 0 Å². The smallest absolute Gasteiger partial charge is 0.0708 e. The first-order valence-electron chi connectivity index (χ1n) is 8.88. The van der Waals surface area contributed by atoms with Gasteiger partial charge in [-0.15, -0.1) is 0 Å². The lowest BCUT2D eigenvalue weighted by molar-refractivity contribution is 1.42. The molecule has 0 radical (unpaired) electrons. The minimum absolute atomic E-state index is 1.05. The van der Waals surface area contributed by atoms with Crippen molar-refractivity contribution in [3.63, 3.8) is 0 Å². The minimum atomic E-state index is 1.05. The fraction of sp³-hybridized carbons (Fsp3) is 0. The Morgan fingerprint density at radius 1 is 0.385 bits per heavy atom. The third-order valence-corrected chi connectivity index (χ3v) is 5.34. The van der Waals surface area contributed by atoms with Crippen molar-refractivity contribution in [3.05, 3.63) is 91.1 Å². The van der Waals surface area contributed by atoms with Crippen molar-refractivity contribution in [2.24, 2.45) is 0 Å². The zero-order valence-electron chi connectivity index (χ0n) is 14.1. The van der Waals surface area contributed by atoms with Gasteiger partial charge in [0.2, 0.25) is 0 Å². The Morgan fingerprint density at radius 3 is 1.38 bits per heavy atom. The van der Waals surface area contributed by atoms with Crippen LogP contribution in [0.2, 0.25) is 0 Å². The van der Waals surface area contributed by atoms with Crippen molar-refractivity contribution in [2.75, 3.05) is 0 Å². The fourth-order valence-electron chi connectivity index (χ4n) is 4.02. The van der Waals surface area contributed by atoms with Crippen molar-refractivity contribution in [2.45, 2.75) is 0 Å². The number of pyridine rings is 1. The van der Waals surface area contributed by atoms with Gasteiger partial charge in [-0.25, -0.2) is 0 Å². The predicted molar refractivity (Wildman–Crippen MR) is 112 cm³/mol. The Labute approximate surface area is 150 Å². The molecule has 0 saturated carbocycles. The highest BCUT2D eigenvalue weighted by atomic mass is 14.6. The molecule has 26 heavy (non-hydrogen) atoms. The summed E-state index contributed by atoms with van der Waals surface area (Å²) in [4.78, 5) is 4.50. The van der Waals surface area contributed by atoms with Crippen LogP contribution in [0.25, 0.3) is 54.0 Å². The number of hydrogen-bond donors (Lipinski definition) is 0. The molecule has 1 nitrogen and oxygen atoms in total. The first-order chi connectivity index (χ1) is 12.8. The van der Waals surface area contributed by atoms with E-state index < -0.39 is 0 Å². The van der Waals surface area contributed by atoms with Gasteiger partial charge in [0.15, 0.2) is 0 Å². The molecule has 1 heteroatoms. The Balaban J connectivity index is 1.72. The molecule has 0 aliphatic carbocycles. The van der Waals surface area contributed by atoms with Crippen LogP contribution in [0.5, 0.6) is 0 Å². The Hall–Kier alpha value is -3.45. The highest BCUT2D eigenvalue weighted by molar-refractivity contribution is 6.09. The molecule has 0 bridgehead atoms. The van der Waals surface area contributed by atoms with Crippen LogP contribution in [0, 0.1) is 0 Å². The van der Waals surface area contributed by atoms with E-state index >= 15 is 0 Å². The third kappa shape index (κ3) is 2.01. The molecule has 0 spiro atoms. The van der Waals surface area contributed by atoms with Gasteiger partial charge in [-0.1, -0.05) is 30.3 Å². The number of nitrogens with zero attached hydrogens (tertiary/aromatic N) is 1. The van der Waals surface area contributed by atoms with E-state index in [4.69, 9.17) is 0 Å². The first-order valence-corrected chi connectivity index (χ1v) is 8.88. The summed E-state index contributed by atoms with van der Waals surface area (Å²) in [5.74, 6) is 0. The largest absolute Gasteiger partial charge is 0.256 e. The van der Waals surface area contributed by atoms with E-state index in [0.717, 1.165) is 5.52 Å². The minimum Gasteiger partial charge on any atom is -0.256 e. The topological polar surface area (TPSA) is 12.9 Å². The van der Waals surface area contributed by atoms with E-state index in [9.17, 15) is 0 Å². The fourth-order valence-corrected chi connectivity index (χ4v) is 4.02. The molecular formula is C25H15N. The summed E-state index contributed by atoms with van der Waals surface area (Å²) >= 11 is 0. The molecule has 0 unspecified atom stereocenters. The van der Waals surface area contributed by atoms with Crippen LogP contribution in [0.1, 0.15) is 0 Å². The van der Waals surface area contributed by atoms with E-state index in [2.05, 4.69) is 83.8 Å². The molecule has 0 aliphatic rings. The monoisotopic (exact) mass is 329 g/mol. The lowest BCUT2D eigenvalue weighted by atomic mass is 9.97. The van der Waals surface area contributed by atoms with Crippen LogP contribution in [-0.2, 0) is 0 Å². The summed E-state index contributed by atoms with van der Waals surface area (Å²) < 4.78 is 0. The molecule has 6 aromatic rings. The van der Waals surface area contributed by atoms with Crippen molar-refractivity contribution in [1.82, 2.24) is 4.98 Å². The normalized spacial score (nSPS) is 11.8. The number of benzene rings is 5. The second kappa shape index (κ2) is 5.03. The van der Waals surface area contributed by atoms with E-state index in [1.165, 1.54) is 48.5 Å². The zero-order chi connectivity index (χ0) is 17.1. The van der Waals surface area contributed by atoms with Gasteiger partial charge >= 0.3 is 0 Å². The summed E-state index contributed by atoms with van der Waals surface area (Å²) in [6, 6.07) is 30.9. The van der Waals surface area contributed by atoms with Crippen LogP contribution in [0.15, 0.2) is 91.1 Å². The first kappa shape index (κ1) is 13.8. The average Bonchev–Trinajstić information content (AvgIpc) is 2.67. The lowest BCUT2D eigenvalue weighted by Gasteiger charge is -2.08. The molecular weight excluding hydrogens is 314 g/mol. The summed E-state index contributed by atoms with van der Waals surface area (Å²) in [6.07, 6.45) is 1.85. The predicted octanol–water partition coefficient (Wildman–Crippen LogP) is 6.85. The standard InChI is InChI=1S/C25H15N/c1-2-5-17-9-20-12-23-14-24-15-25-18(6-3-7-26-25)10-21(24)13-22(23)11-19(20)8-16(17)4-1/h1-15H. The van der Waals surface area contributed by atoms with Crippen molar-refractivity contribution >= 4 is 54.0 Å². The molecule has 0 N–H and O–H groups in total. The molecule has 1 aromatic heterocycles.